The molecule has 0 bridgehead atoms. The lowest BCUT2D eigenvalue weighted by molar-refractivity contribution is 0.000823. The summed E-state index contributed by atoms with van der Waals surface area (Å²) in [6, 6.07) is 7.01. The second-order valence-corrected chi connectivity index (χ2v) is 6.67. The maximum Gasteiger partial charge on any atom is 0.243 e. The first kappa shape index (κ1) is 14.5. The molecule has 19 heavy (non-hydrogen) atoms. The quantitative estimate of drug-likeness (QED) is 0.880. The SMILES string of the molecule is CNCC1CN(S(=O)(=O)c2cccc(C)c2)CCO1. The first-order valence-electron chi connectivity index (χ1n) is 6.37. The van der Waals surface area contributed by atoms with Crippen molar-refractivity contribution in [1.29, 1.82) is 0 Å². The van der Waals surface area contributed by atoms with Gasteiger partial charge in [0.05, 0.1) is 17.6 Å². The standard InChI is InChI=1S/C13H20N2O3S/c1-11-4-3-5-13(8-11)19(16,17)15-6-7-18-12(10-15)9-14-2/h3-5,8,12,14H,6-7,9-10H2,1-2H3. The molecule has 1 aliphatic rings. The van der Waals surface area contributed by atoms with E-state index in [1.54, 1.807) is 18.2 Å². The Hall–Kier alpha value is -0.950. The lowest BCUT2D eigenvalue weighted by Gasteiger charge is -2.32. The first-order valence-corrected chi connectivity index (χ1v) is 7.81. The second-order valence-electron chi connectivity index (χ2n) is 4.73. The molecule has 6 heteroatoms. The van der Waals surface area contributed by atoms with Gasteiger partial charge < -0.3 is 10.1 Å². The second kappa shape index (κ2) is 6.00. The van der Waals surface area contributed by atoms with E-state index < -0.39 is 10.0 Å². The van der Waals surface area contributed by atoms with Gasteiger partial charge in [0.25, 0.3) is 0 Å². The summed E-state index contributed by atoms with van der Waals surface area (Å²) in [5, 5.41) is 3.01. The zero-order valence-corrected chi connectivity index (χ0v) is 12.1. The van der Waals surface area contributed by atoms with Crippen LogP contribution in [-0.4, -0.2) is 52.1 Å². The maximum atomic E-state index is 12.5. The van der Waals surface area contributed by atoms with Gasteiger partial charge in [-0.25, -0.2) is 8.42 Å². The highest BCUT2D eigenvalue weighted by atomic mass is 32.2. The van der Waals surface area contributed by atoms with E-state index in [1.807, 2.05) is 20.0 Å². The number of benzene rings is 1. The van der Waals surface area contributed by atoms with Gasteiger partial charge in [-0.1, -0.05) is 12.1 Å². The van der Waals surface area contributed by atoms with E-state index in [0.29, 0.717) is 31.1 Å². The molecule has 0 aliphatic carbocycles. The molecular weight excluding hydrogens is 264 g/mol. The molecule has 1 aromatic rings. The van der Waals surface area contributed by atoms with Crippen molar-refractivity contribution in [2.24, 2.45) is 0 Å². The van der Waals surface area contributed by atoms with Gasteiger partial charge in [-0.2, -0.15) is 4.31 Å². The van der Waals surface area contributed by atoms with Gasteiger partial charge in [-0.3, -0.25) is 0 Å². The van der Waals surface area contributed by atoms with E-state index in [2.05, 4.69) is 5.32 Å². The van der Waals surface area contributed by atoms with Crippen molar-refractivity contribution in [2.75, 3.05) is 33.3 Å². The highest BCUT2D eigenvalue weighted by Gasteiger charge is 2.30. The van der Waals surface area contributed by atoms with Crippen LogP contribution in [0, 0.1) is 6.92 Å². The minimum absolute atomic E-state index is 0.0849. The van der Waals surface area contributed by atoms with Gasteiger partial charge in [-0.05, 0) is 31.7 Å². The number of nitrogens with one attached hydrogen (secondary N) is 1. The fraction of sp³-hybridized carbons (Fsp3) is 0.538. The molecule has 0 spiro atoms. The van der Waals surface area contributed by atoms with Gasteiger partial charge in [0.2, 0.25) is 10.0 Å². The highest BCUT2D eigenvalue weighted by Crippen LogP contribution is 2.19. The Labute approximate surface area is 114 Å². The van der Waals surface area contributed by atoms with Crippen LogP contribution < -0.4 is 5.32 Å². The zero-order valence-electron chi connectivity index (χ0n) is 11.3. The summed E-state index contributed by atoms with van der Waals surface area (Å²) in [5.74, 6) is 0. The fourth-order valence-corrected chi connectivity index (χ4v) is 3.75. The molecule has 1 atom stereocenters. The number of hydrogen-bond acceptors (Lipinski definition) is 4. The molecule has 1 heterocycles. The Morgan fingerprint density at radius 2 is 2.26 bits per heavy atom. The molecule has 5 nitrogen and oxygen atoms in total. The summed E-state index contributed by atoms with van der Waals surface area (Å²) >= 11 is 0. The smallest absolute Gasteiger partial charge is 0.243 e. The monoisotopic (exact) mass is 284 g/mol. The van der Waals surface area contributed by atoms with Crippen LogP contribution in [0.5, 0.6) is 0 Å². The molecule has 1 saturated heterocycles. The number of morpholine rings is 1. The maximum absolute atomic E-state index is 12.5. The number of nitrogens with zero attached hydrogens (tertiary/aromatic N) is 1. The lowest BCUT2D eigenvalue weighted by atomic mass is 10.2. The van der Waals surface area contributed by atoms with Gasteiger partial charge in [0.1, 0.15) is 0 Å². The highest BCUT2D eigenvalue weighted by molar-refractivity contribution is 7.89. The molecule has 0 aromatic heterocycles. The van der Waals surface area contributed by atoms with Crippen LogP contribution >= 0.6 is 0 Å². The number of rotatable bonds is 4. The van der Waals surface area contributed by atoms with Crippen LogP contribution in [0.25, 0.3) is 0 Å². The van der Waals surface area contributed by atoms with Gasteiger partial charge in [0, 0.05) is 19.6 Å². The van der Waals surface area contributed by atoms with Gasteiger partial charge in [-0.15, -0.1) is 0 Å². The van der Waals surface area contributed by atoms with Gasteiger partial charge >= 0.3 is 0 Å². The summed E-state index contributed by atoms with van der Waals surface area (Å²) in [6.07, 6.45) is -0.0849. The Bertz CT molecular complexity index is 528. The van der Waals surface area contributed by atoms with Crippen LogP contribution in [0.15, 0.2) is 29.2 Å². The Morgan fingerprint density at radius 3 is 2.95 bits per heavy atom. The predicted octanol–water partition coefficient (Wildman–Crippen LogP) is 0.604. The van der Waals surface area contributed by atoms with E-state index in [1.165, 1.54) is 4.31 Å². The lowest BCUT2D eigenvalue weighted by Crippen LogP contribution is -2.48. The normalized spacial score (nSPS) is 21.5. The van der Waals surface area contributed by atoms with E-state index >= 15 is 0 Å². The summed E-state index contributed by atoms with van der Waals surface area (Å²) in [5.41, 5.74) is 0.945. The minimum Gasteiger partial charge on any atom is -0.374 e. The van der Waals surface area contributed by atoms with Gasteiger partial charge in [0.15, 0.2) is 0 Å². The van der Waals surface area contributed by atoms with Crippen LogP contribution in [0.4, 0.5) is 0 Å². The van der Waals surface area contributed by atoms with Crippen molar-refractivity contribution in [3.8, 4) is 0 Å². The third-order valence-corrected chi connectivity index (χ3v) is 5.02. The van der Waals surface area contributed by atoms with E-state index in [4.69, 9.17) is 4.74 Å². The van der Waals surface area contributed by atoms with Crippen molar-refractivity contribution in [3.05, 3.63) is 29.8 Å². The average Bonchev–Trinajstić information content (AvgIpc) is 2.39. The number of likely N-dealkylation sites (N-methyl/N-ethyl adjacent to an activating group) is 1. The van der Waals surface area contributed by atoms with Crippen LogP contribution in [0.1, 0.15) is 5.56 Å². The molecule has 1 aromatic carbocycles. The Kier molecular flexibility index (Phi) is 4.57. The van der Waals surface area contributed by atoms with Crippen molar-refractivity contribution in [2.45, 2.75) is 17.9 Å². The van der Waals surface area contributed by atoms with Crippen LogP contribution in [-0.2, 0) is 14.8 Å². The summed E-state index contributed by atoms with van der Waals surface area (Å²) < 4.78 is 32.1. The third-order valence-electron chi connectivity index (χ3n) is 3.16. The van der Waals surface area contributed by atoms with Crippen molar-refractivity contribution in [3.63, 3.8) is 0 Å². The predicted molar refractivity (Wildman–Crippen MR) is 73.6 cm³/mol. The molecule has 1 fully saturated rings. The Morgan fingerprint density at radius 1 is 1.47 bits per heavy atom. The number of aryl methyl sites for hydroxylation is 1. The van der Waals surface area contributed by atoms with E-state index in [-0.39, 0.29) is 6.10 Å². The van der Waals surface area contributed by atoms with Crippen LogP contribution in [0.3, 0.4) is 0 Å². The minimum atomic E-state index is -3.41. The molecule has 0 radical (unpaired) electrons. The molecule has 1 aliphatic heterocycles. The molecule has 0 saturated carbocycles. The topological polar surface area (TPSA) is 58.6 Å². The molecular formula is C13H20N2O3S. The summed E-state index contributed by atoms with van der Waals surface area (Å²) in [7, 11) is -1.58. The zero-order chi connectivity index (χ0) is 13.9. The van der Waals surface area contributed by atoms with E-state index in [0.717, 1.165) is 5.56 Å². The van der Waals surface area contributed by atoms with Crippen molar-refractivity contribution < 1.29 is 13.2 Å². The largest absolute Gasteiger partial charge is 0.374 e. The molecule has 1 unspecified atom stereocenters. The summed E-state index contributed by atoms with van der Waals surface area (Å²) in [4.78, 5) is 0.359. The molecule has 106 valence electrons. The third kappa shape index (κ3) is 3.33. The van der Waals surface area contributed by atoms with Crippen LogP contribution in [0.2, 0.25) is 0 Å². The number of sulfonamides is 1. The molecule has 2 rings (SSSR count). The molecule has 1 N–H and O–H groups in total. The number of ether oxygens (including phenoxy) is 1. The first-order chi connectivity index (χ1) is 9.04. The van der Waals surface area contributed by atoms with Crippen molar-refractivity contribution in [1.82, 2.24) is 9.62 Å². The van der Waals surface area contributed by atoms with Crippen molar-refractivity contribution >= 4 is 10.0 Å². The average molecular weight is 284 g/mol. The Balaban J connectivity index is 2.19. The fourth-order valence-electron chi connectivity index (χ4n) is 2.19. The molecule has 0 amide bonds. The summed E-state index contributed by atoms with van der Waals surface area (Å²) in [6.45, 7) is 3.80. The number of hydrogen-bond donors (Lipinski definition) is 1. The van der Waals surface area contributed by atoms with E-state index in [9.17, 15) is 8.42 Å².